The van der Waals surface area contributed by atoms with Crippen molar-refractivity contribution >= 4 is 11.6 Å². The summed E-state index contributed by atoms with van der Waals surface area (Å²) in [5.41, 5.74) is 1.73. The molecule has 0 aliphatic heterocycles. The number of nitrogens with zero attached hydrogens (tertiary/aromatic N) is 2. The maximum absolute atomic E-state index is 13.1. The lowest BCUT2D eigenvalue weighted by molar-refractivity contribution is 0.286. The van der Waals surface area contributed by atoms with E-state index in [1.165, 1.54) is 6.07 Å². The van der Waals surface area contributed by atoms with Crippen molar-refractivity contribution in [2.45, 2.75) is 13.2 Å². The molecular weight excluding hydrogens is 383 g/mol. The van der Waals surface area contributed by atoms with E-state index in [1.807, 2.05) is 18.2 Å². The third-order valence-electron chi connectivity index (χ3n) is 3.55. The molecule has 144 valence electrons. The van der Waals surface area contributed by atoms with Crippen molar-refractivity contribution in [2.75, 3.05) is 0 Å². The highest BCUT2D eigenvalue weighted by Crippen LogP contribution is 2.23. The van der Waals surface area contributed by atoms with E-state index in [1.54, 1.807) is 49.3 Å². The van der Waals surface area contributed by atoms with Crippen LogP contribution in [0.3, 0.4) is 0 Å². The molecule has 0 aliphatic carbocycles. The van der Waals surface area contributed by atoms with Crippen molar-refractivity contribution in [1.29, 1.82) is 0 Å². The van der Waals surface area contributed by atoms with Crippen LogP contribution >= 0.6 is 11.6 Å². The molecule has 0 aliphatic rings. The van der Waals surface area contributed by atoms with Gasteiger partial charge in [0.25, 0.3) is 0 Å². The van der Waals surface area contributed by atoms with E-state index in [2.05, 4.69) is 19.9 Å². The number of hydrogen-bond acceptors (Lipinski definition) is 4. The molecule has 4 aromatic rings. The van der Waals surface area contributed by atoms with E-state index in [-0.39, 0.29) is 11.6 Å². The summed E-state index contributed by atoms with van der Waals surface area (Å²) >= 11 is 5.91. The van der Waals surface area contributed by atoms with Gasteiger partial charge in [0, 0.05) is 0 Å². The van der Waals surface area contributed by atoms with Crippen molar-refractivity contribution in [3.63, 3.8) is 0 Å². The van der Waals surface area contributed by atoms with Gasteiger partial charge < -0.3 is 19.4 Å². The first kappa shape index (κ1) is 19.4. The van der Waals surface area contributed by atoms with Crippen molar-refractivity contribution in [3.8, 4) is 11.5 Å². The first-order chi connectivity index (χ1) is 13.7. The molecule has 0 fully saturated rings. The van der Waals surface area contributed by atoms with Crippen molar-refractivity contribution in [1.82, 2.24) is 19.9 Å². The maximum Gasteiger partial charge on any atom is 0.165 e. The molecule has 0 amide bonds. The minimum Gasteiger partial charge on any atom is -0.486 e. The first-order valence-electron chi connectivity index (χ1n) is 8.41. The summed E-state index contributed by atoms with van der Waals surface area (Å²) in [5, 5.41) is 0.618. The van der Waals surface area contributed by atoms with Gasteiger partial charge in [0.15, 0.2) is 11.6 Å². The van der Waals surface area contributed by atoms with Crippen molar-refractivity contribution in [2.24, 2.45) is 0 Å². The second kappa shape index (κ2) is 10.1. The van der Waals surface area contributed by atoms with Gasteiger partial charge in [0.05, 0.1) is 41.5 Å². The van der Waals surface area contributed by atoms with Crippen LogP contribution in [-0.4, -0.2) is 19.9 Å². The minimum atomic E-state index is -0.355. The number of aromatic amines is 2. The Morgan fingerprint density at radius 1 is 0.786 bits per heavy atom. The van der Waals surface area contributed by atoms with E-state index in [4.69, 9.17) is 21.1 Å². The molecule has 0 saturated carbocycles. The lowest BCUT2D eigenvalue weighted by Crippen LogP contribution is -1.97. The van der Waals surface area contributed by atoms with Gasteiger partial charge in [-0.05, 0) is 24.3 Å². The number of para-hydroxylation sites is 2. The molecule has 6 nitrogen and oxygen atoms in total. The van der Waals surface area contributed by atoms with Gasteiger partial charge >= 0.3 is 0 Å². The van der Waals surface area contributed by atoms with E-state index in [9.17, 15) is 4.39 Å². The van der Waals surface area contributed by atoms with Crippen LogP contribution in [0.2, 0.25) is 5.02 Å². The topological polar surface area (TPSA) is 75.8 Å². The molecule has 0 atom stereocenters. The van der Waals surface area contributed by atoms with Crippen LogP contribution in [0.1, 0.15) is 11.4 Å². The molecule has 28 heavy (non-hydrogen) atoms. The van der Waals surface area contributed by atoms with Crippen molar-refractivity contribution in [3.05, 3.63) is 95.8 Å². The fraction of sp³-hybridized carbons (Fsp3) is 0.100. The molecule has 0 unspecified atom stereocenters. The van der Waals surface area contributed by atoms with Crippen LogP contribution in [-0.2, 0) is 13.2 Å². The molecule has 0 bridgehead atoms. The predicted molar refractivity (Wildman–Crippen MR) is 104 cm³/mol. The Morgan fingerprint density at radius 2 is 1.32 bits per heavy atom. The van der Waals surface area contributed by atoms with Gasteiger partial charge in [-0.15, -0.1) is 0 Å². The smallest absolute Gasteiger partial charge is 0.165 e. The second-order valence-corrected chi connectivity index (χ2v) is 6.00. The number of rotatable bonds is 6. The lowest BCUT2D eigenvalue weighted by atomic mass is 10.3. The standard InChI is InChI=1S/C10H9ClN2O.C10H9FN2O/c2*11-9-3-1-2-4-10(9)14-6-8-5-12-7-13-8/h2*1-5,7H,6H2,(H,12,13). The van der Waals surface area contributed by atoms with E-state index in [0.29, 0.717) is 24.0 Å². The summed E-state index contributed by atoms with van der Waals surface area (Å²) in [7, 11) is 0. The zero-order valence-corrected chi connectivity index (χ0v) is 15.6. The summed E-state index contributed by atoms with van der Waals surface area (Å²) in [4.78, 5) is 13.5. The SMILES string of the molecule is Clc1ccccc1OCc1cnc[nH]1.Fc1ccccc1OCc1cnc[nH]1. The first-order valence-corrected chi connectivity index (χ1v) is 8.79. The molecule has 2 aromatic heterocycles. The van der Waals surface area contributed by atoms with Crippen LogP contribution in [0.4, 0.5) is 4.39 Å². The summed E-state index contributed by atoms with van der Waals surface area (Å²) in [6, 6.07) is 13.7. The van der Waals surface area contributed by atoms with Crippen LogP contribution in [0.5, 0.6) is 11.5 Å². The Hall–Kier alpha value is -3.32. The number of nitrogens with one attached hydrogen (secondary N) is 2. The van der Waals surface area contributed by atoms with Crippen LogP contribution in [0.25, 0.3) is 0 Å². The number of hydrogen-bond donors (Lipinski definition) is 2. The summed E-state index contributed by atoms with van der Waals surface area (Å²) < 4.78 is 23.8. The summed E-state index contributed by atoms with van der Waals surface area (Å²) in [6.45, 7) is 0.741. The zero-order chi connectivity index (χ0) is 19.6. The molecule has 2 heterocycles. The highest BCUT2D eigenvalue weighted by molar-refractivity contribution is 6.32. The van der Waals surface area contributed by atoms with Crippen LogP contribution in [0.15, 0.2) is 73.6 Å². The fourth-order valence-corrected chi connectivity index (χ4v) is 2.35. The Labute approximate surface area is 166 Å². The largest absolute Gasteiger partial charge is 0.486 e. The Morgan fingerprint density at radius 3 is 1.86 bits per heavy atom. The second-order valence-electron chi connectivity index (χ2n) is 5.59. The summed E-state index contributed by atoms with van der Waals surface area (Å²) in [5.74, 6) is 0.581. The number of benzene rings is 2. The highest BCUT2D eigenvalue weighted by Gasteiger charge is 2.02. The maximum atomic E-state index is 13.1. The Balaban J connectivity index is 0.000000161. The molecule has 0 saturated heterocycles. The molecular formula is C20H18ClFN4O2. The monoisotopic (exact) mass is 400 g/mol. The fourth-order valence-electron chi connectivity index (χ4n) is 2.16. The minimum absolute atomic E-state index is 0.252. The molecule has 4 rings (SSSR count). The molecule has 0 spiro atoms. The third-order valence-corrected chi connectivity index (χ3v) is 3.86. The lowest BCUT2D eigenvalue weighted by Gasteiger charge is -2.05. The van der Waals surface area contributed by atoms with E-state index in [0.717, 1.165) is 11.4 Å². The van der Waals surface area contributed by atoms with Gasteiger partial charge in [-0.2, -0.15) is 0 Å². The number of aromatic nitrogens is 4. The zero-order valence-electron chi connectivity index (χ0n) is 14.8. The van der Waals surface area contributed by atoms with Crippen molar-refractivity contribution < 1.29 is 13.9 Å². The van der Waals surface area contributed by atoms with Gasteiger partial charge in [-0.1, -0.05) is 35.9 Å². The molecule has 2 N–H and O–H groups in total. The average Bonchev–Trinajstić information content (AvgIpc) is 3.41. The number of halogens is 2. The number of ether oxygens (including phenoxy) is 2. The molecule has 0 radical (unpaired) electrons. The Kier molecular flexibility index (Phi) is 7.03. The Bertz CT molecular complexity index is 882. The average molecular weight is 401 g/mol. The normalized spacial score (nSPS) is 10.1. The number of imidazole rings is 2. The quantitative estimate of drug-likeness (QED) is 0.488. The van der Waals surface area contributed by atoms with Crippen LogP contribution in [0, 0.1) is 5.82 Å². The van der Waals surface area contributed by atoms with E-state index < -0.39 is 0 Å². The van der Waals surface area contributed by atoms with Gasteiger partial charge in [0.2, 0.25) is 0 Å². The van der Waals surface area contributed by atoms with Gasteiger partial charge in [-0.3, -0.25) is 0 Å². The van der Waals surface area contributed by atoms with E-state index >= 15 is 0 Å². The van der Waals surface area contributed by atoms with Gasteiger partial charge in [0.1, 0.15) is 19.0 Å². The van der Waals surface area contributed by atoms with Crippen LogP contribution < -0.4 is 9.47 Å². The summed E-state index contributed by atoms with van der Waals surface area (Å²) in [6.07, 6.45) is 6.53. The number of H-pyrrole nitrogens is 2. The third kappa shape index (κ3) is 5.85. The molecule has 8 heteroatoms. The molecule has 2 aromatic carbocycles. The van der Waals surface area contributed by atoms with Gasteiger partial charge in [-0.25, -0.2) is 14.4 Å². The predicted octanol–water partition coefficient (Wildman–Crippen LogP) is 4.77. The highest BCUT2D eigenvalue weighted by atomic mass is 35.5.